The van der Waals surface area contributed by atoms with Gasteiger partial charge in [0.2, 0.25) is 0 Å². The molecule has 0 aliphatic carbocycles. The summed E-state index contributed by atoms with van der Waals surface area (Å²) < 4.78 is 7.77. The van der Waals surface area contributed by atoms with E-state index in [1.807, 2.05) is 56.4 Å². The number of hydrogen-bond acceptors (Lipinski definition) is 4. The number of furan rings is 1. The fourth-order valence-electron chi connectivity index (χ4n) is 6.10. The summed E-state index contributed by atoms with van der Waals surface area (Å²) in [6, 6.07) is 27.2. The van der Waals surface area contributed by atoms with Crippen molar-refractivity contribution in [1.82, 2.24) is 15.0 Å². The van der Waals surface area contributed by atoms with Crippen molar-refractivity contribution in [3.05, 3.63) is 108 Å². The third kappa shape index (κ3) is 9.07. The zero-order valence-corrected chi connectivity index (χ0v) is 34.0. The number of pyridine rings is 3. The molecule has 1 radical (unpaired) electrons. The quantitative estimate of drug-likeness (QED) is 0.124. The molecule has 2 aromatic carbocycles. The number of aryl methyl sites for hydroxylation is 2. The van der Waals surface area contributed by atoms with E-state index in [1.165, 1.54) is 11.1 Å². The molecule has 0 spiro atoms. The maximum absolute atomic E-state index is 6.23. The molecule has 0 bridgehead atoms. The predicted molar refractivity (Wildman–Crippen MR) is 196 cm³/mol. The molecule has 6 aromatic rings. The van der Waals surface area contributed by atoms with Crippen molar-refractivity contribution in [2.45, 2.75) is 78.6 Å². The van der Waals surface area contributed by atoms with Crippen molar-refractivity contribution in [2.75, 3.05) is 0 Å². The molecule has 0 unspecified atom stereocenters. The van der Waals surface area contributed by atoms with E-state index in [1.54, 1.807) is 4.40 Å². The smallest absolute Gasteiger partial charge is 0.124 e. The van der Waals surface area contributed by atoms with E-state index in [0.29, 0.717) is 5.92 Å². The molecule has 4 heterocycles. The van der Waals surface area contributed by atoms with E-state index in [4.69, 9.17) is 9.40 Å². The van der Waals surface area contributed by atoms with Gasteiger partial charge in [-0.25, -0.2) is 0 Å². The Bertz CT molecular complexity index is 1970. The van der Waals surface area contributed by atoms with Crippen molar-refractivity contribution in [3.8, 4) is 22.5 Å². The Morgan fingerprint density at radius 3 is 2.32 bits per heavy atom. The van der Waals surface area contributed by atoms with Gasteiger partial charge in [0.05, 0.1) is 5.58 Å². The van der Waals surface area contributed by atoms with Crippen molar-refractivity contribution in [1.29, 1.82) is 0 Å². The van der Waals surface area contributed by atoms with Crippen LogP contribution in [0.5, 0.6) is 0 Å². The number of fused-ring (bicyclic) bond motifs is 3. The topological polar surface area (TPSA) is 51.8 Å². The predicted octanol–water partition coefficient (Wildman–Crippen LogP) is 10.3. The average molecular weight is 863 g/mol. The van der Waals surface area contributed by atoms with Gasteiger partial charge in [0.15, 0.2) is 0 Å². The van der Waals surface area contributed by atoms with Crippen LogP contribution in [0.4, 0.5) is 0 Å². The summed E-state index contributed by atoms with van der Waals surface area (Å²) in [4.78, 5) is 13.9. The van der Waals surface area contributed by atoms with E-state index in [-0.39, 0.29) is 25.5 Å². The van der Waals surface area contributed by atoms with Gasteiger partial charge in [0, 0.05) is 49.1 Å². The summed E-state index contributed by atoms with van der Waals surface area (Å²) in [5, 5.41) is 2.15. The molecular weight excluding hydrogens is 815 g/mol. The number of benzene rings is 2. The Balaban J connectivity index is 0.000000216. The van der Waals surface area contributed by atoms with E-state index in [2.05, 4.69) is 104 Å². The van der Waals surface area contributed by atoms with Crippen molar-refractivity contribution < 1.29 is 24.5 Å². The number of aromatic nitrogens is 3. The maximum atomic E-state index is 6.23. The van der Waals surface area contributed by atoms with Crippen LogP contribution >= 0.6 is 0 Å². The van der Waals surface area contributed by atoms with Crippen LogP contribution in [-0.4, -0.2) is 28.2 Å². The molecule has 6 rings (SSSR count). The van der Waals surface area contributed by atoms with Crippen molar-refractivity contribution in [3.63, 3.8) is 0 Å². The normalized spacial score (nSPS) is 11.8. The Kier molecular flexibility index (Phi) is 11.7. The molecule has 0 saturated carbocycles. The minimum atomic E-state index is -1.86. The van der Waals surface area contributed by atoms with E-state index >= 15 is 0 Å². The standard InChI is InChI=1S/C23H23N2O.C18H24GeN.Ir/c1-14-11-20-21(15(2)25-14)18-8-6-7-17(22(18)26-20)19-12-16(9-10-24-19)13-23(3,4)5;1-14(2)11-16-12-18(15-9-7-6-8-10-15)20-13-17(16)19(3,4)5;/h6,8-12H,13H2,1-5H3;6-9,12-14H,11H2,1-5H3;/q2*-1;. The van der Waals surface area contributed by atoms with Gasteiger partial charge in [0.25, 0.3) is 0 Å². The first-order chi connectivity index (χ1) is 21.7. The number of nitrogens with zero attached hydrogens (tertiary/aromatic N) is 3. The van der Waals surface area contributed by atoms with Gasteiger partial charge >= 0.3 is 126 Å². The molecule has 47 heavy (non-hydrogen) atoms. The van der Waals surface area contributed by atoms with E-state index in [9.17, 15) is 0 Å². The molecular formula is C41H47GeIrN3O-2. The second kappa shape index (κ2) is 15.0. The summed E-state index contributed by atoms with van der Waals surface area (Å²) >= 11 is -1.86. The van der Waals surface area contributed by atoms with Crippen LogP contribution in [0.2, 0.25) is 17.3 Å². The third-order valence-electron chi connectivity index (χ3n) is 7.95. The fraction of sp³-hybridized carbons (Fsp3) is 0.341. The summed E-state index contributed by atoms with van der Waals surface area (Å²) in [6.45, 7) is 15.3. The Morgan fingerprint density at radius 2 is 1.66 bits per heavy atom. The first-order valence-electron chi connectivity index (χ1n) is 16.3. The summed E-state index contributed by atoms with van der Waals surface area (Å²) in [5.74, 6) is 7.99. The van der Waals surface area contributed by atoms with Gasteiger partial charge in [-0.2, -0.15) is 0 Å². The largest absolute Gasteiger partial charge is 0.500 e. The van der Waals surface area contributed by atoms with Crippen molar-refractivity contribution in [2.24, 2.45) is 11.3 Å². The van der Waals surface area contributed by atoms with Crippen molar-refractivity contribution >= 4 is 39.6 Å². The molecule has 0 aliphatic heterocycles. The first kappa shape index (κ1) is 36.7. The SMILES string of the molecule is CC(C)Cc1cc(-c2[c-]cccc2)nc[c]1[Ge]([CH3])([CH3])[CH3].Cc1cc2oc3c(-c4cc(CC(C)(C)C)ccn4)[c-]ccc3c2c(C)n1.[Ir]. The molecule has 0 fully saturated rings. The molecule has 0 atom stereocenters. The van der Waals surface area contributed by atoms with Gasteiger partial charge in [-0.1, -0.05) is 43.4 Å². The average Bonchev–Trinajstić information content (AvgIpc) is 3.35. The van der Waals surface area contributed by atoms with E-state index in [0.717, 1.165) is 68.7 Å². The Labute approximate surface area is 297 Å². The van der Waals surface area contributed by atoms with Gasteiger partial charge in [-0.05, 0) is 37.4 Å². The third-order valence-corrected chi connectivity index (χ3v) is 12.3. The van der Waals surface area contributed by atoms with Crippen LogP contribution in [0.3, 0.4) is 0 Å². The molecule has 0 saturated heterocycles. The number of rotatable bonds is 6. The van der Waals surface area contributed by atoms with Crippen LogP contribution in [-0.2, 0) is 32.9 Å². The van der Waals surface area contributed by atoms with Crippen LogP contribution in [0.1, 0.15) is 57.1 Å². The van der Waals surface area contributed by atoms with Crippen LogP contribution in [0.15, 0.2) is 77.5 Å². The second-order valence-electron chi connectivity index (χ2n) is 15.1. The van der Waals surface area contributed by atoms with Crippen LogP contribution in [0, 0.1) is 37.3 Å². The molecule has 4 nitrogen and oxygen atoms in total. The van der Waals surface area contributed by atoms with Gasteiger partial charge in [0.1, 0.15) is 5.58 Å². The monoisotopic (exact) mass is 864 g/mol. The fourth-order valence-corrected chi connectivity index (χ4v) is 9.44. The Morgan fingerprint density at radius 1 is 0.894 bits per heavy atom. The minimum absolute atomic E-state index is 0. The Hall–Kier alpha value is -3.12. The zero-order chi connectivity index (χ0) is 33.2. The second-order valence-corrected chi connectivity index (χ2v) is 25.6. The van der Waals surface area contributed by atoms with Crippen LogP contribution < -0.4 is 4.40 Å². The first-order valence-corrected chi connectivity index (χ1v) is 23.7. The summed E-state index contributed by atoms with van der Waals surface area (Å²) in [5.41, 5.74) is 10.6. The molecule has 247 valence electrons. The molecule has 4 aromatic heterocycles. The molecule has 0 N–H and O–H groups in total. The number of hydrogen-bond donors (Lipinski definition) is 0. The van der Waals surface area contributed by atoms with Crippen LogP contribution in [0.25, 0.3) is 44.5 Å². The van der Waals surface area contributed by atoms with Gasteiger partial charge in [-0.3, -0.25) is 4.98 Å². The minimum Gasteiger partial charge on any atom is -0.500 e. The molecule has 0 amide bonds. The summed E-state index contributed by atoms with van der Waals surface area (Å²) in [6.07, 6.45) is 6.15. The van der Waals surface area contributed by atoms with E-state index < -0.39 is 13.3 Å². The molecule has 6 heteroatoms. The van der Waals surface area contributed by atoms with Gasteiger partial charge < -0.3 is 9.40 Å². The summed E-state index contributed by atoms with van der Waals surface area (Å²) in [7, 11) is 0. The van der Waals surface area contributed by atoms with Gasteiger partial charge in [-0.15, -0.1) is 18.2 Å². The molecule has 0 aliphatic rings. The maximum Gasteiger partial charge on any atom is 0.124 e. The zero-order valence-electron chi connectivity index (χ0n) is 29.5.